The van der Waals surface area contributed by atoms with Crippen LogP contribution < -0.4 is 5.32 Å². The van der Waals surface area contributed by atoms with E-state index >= 15 is 0 Å². The number of aromatic nitrogens is 2. The molecule has 1 aromatic rings. The molecule has 1 rings (SSSR count). The van der Waals surface area contributed by atoms with E-state index < -0.39 is 0 Å². The lowest BCUT2D eigenvalue weighted by atomic mass is 9.89. The van der Waals surface area contributed by atoms with Gasteiger partial charge in [0.2, 0.25) is 0 Å². The van der Waals surface area contributed by atoms with Crippen molar-refractivity contribution in [3.8, 4) is 0 Å². The molecule has 1 N–H and O–H groups in total. The molecule has 0 saturated carbocycles. The number of nitrogens with one attached hydrogen (secondary N) is 1. The molecule has 0 aromatic carbocycles. The third kappa shape index (κ3) is 4.32. The lowest BCUT2D eigenvalue weighted by Gasteiger charge is -2.37. The van der Waals surface area contributed by atoms with Crippen LogP contribution in [0.4, 0.5) is 0 Å². The molecule has 2 atom stereocenters. The highest BCUT2D eigenvalue weighted by molar-refractivity contribution is 5.15. The van der Waals surface area contributed by atoms with E-state index in [1.165, 1.54) is 5.56 Å². The molecule has 0 aliphatic heterocycles. The predicted octanol–water partition coefficient (Wildman–Crippen LogP) is 3.54. The maximum absolute atomic E-state index is 6.06. The van der Waals surface area contributed by atoms with E-state index in [0.29, 0.717) is 0 Å². The lowest BCUT2D eigenvalue weighted by Crippen LogP contribution is -2.43. The Balaban J connectivity index is 2.96. The molecular formula is C16H31N3O. The second kappa shape index (κ2) is 8.42. The van der Waals surface area contributed by atoms with Crippen molar-refractivity contribution in [2.24, 2.45) is 0 Å². The molecule has 0 radical (unpaired) electrons. The van der Waals surface area contributed by atoms with Gasteiger partial charge in [0, 0.05) is 24.9 Å². The molecule has 0 amide bonds. The van der Waals surface area contributed by atoms with Crippen LogP contribution >= 0.6 is 0 Å². The minimum atomic E-state index is -0.190. The fourth-order valence-electron chi connectivity index (χ4n) is 2.57. The summed E-state index contributed by atoms with van der Waals surface area (Å²) >= 11 is 0. The van der Waals surface area contributed by atoms with E-state index in [-0.39, 0.29) is 11.6 Å². The van der Waals surface area contributed by atoms with Crippen molar-refractivity contribution < 1.29 is 4.74 Å². The quantitative estimate of drug-likeness (QED) is 0.713. The molecule has 0 bridgehead atoms. The van der Waals surface area contributed by atoms with Crippen LogP contribution in [0.2, 0.25) is 0 Å². The third-order valence-electron chi connectivity index (χ3n) is 3.82. The van der Waals surface area contributed by atoms with Crippen molar-refractivity contribution in [3.63, 3.8) is 0 Å². The first-order chi connectivity index (χ1) is 9.61. The minimum Gasteiger partial charge on any atom is -0.374 e. The zero-order valence-electron chi connectivity index (χ0n) is 13.8. The van der Waals surface area contributed by atoms with Crippen LogP contribution in [0.3, 0.4) is 0 Å². The Morgan fingerprint density at radius 2 is 2.05 bits per heavy atom. The average molecular weight is 281 g/mol. The predicted molar refractivity (Wildman–Crippen MR) is 83.9 cm³/mol. The number of nitrogens with zero attached hydrogens (tertiary/aromatic N) is 2. The highest BCUT2D eigenvalue weighted by atomic mass is 16.5. The summed E-state index contributed by atoms with van der Waals surface area (Å²) in [4.78, 5) is 0. The standard InChI is InChI=1S/C16H31N3O/c1-6-10-17-15(16(5,8-3)20-9-4)14-12-18-19(13-14)11-7-2/h12-13,15,17H,6-11H2,1-5H3. The normalized spacial score (nSPS) is 16.1. The molecule has 116 valence electrons. The summed E-state index contributed by atoms with van der Waals surface area (Å²) in [5.74, 6) is 0. The zero-order chi connectivity index (χ0) is 15.0. The third-order valence-corrected chi connectivity index (χ3v) is 3.82. The maximum atomic E-state index is 6.06. The van der Waals surface area contributed by atoms with E-state index in [1.54, 1.807) is 0 Å². The van der Waals surface area contributed by atoms with Crippen LogP contribution in [0, 0.1) is 0 Å². The van der Waals surface area contributed by atoms with Gasteiger partial charge in [-0.3, -0.25) is 4.68 Å². The van der Waals surface area contributed by atoms with E-state index in [4.69, 9.17) is 4.74 Å². The Hall–Kier alpha value is -0.870. The fraction of sp³-hybridized carbons (Fsp3) is 0.812. The first kappa shape index (κ1) is 17.2. The summed E-state index contributed by atoms with van der Waals surface area (Å²) in [5, 5.41) is 8.10. The lowest BCUT2D eigenvalue weighted by molar-refractivity contribution is -0.0563. The van der Waals surface area contributed by atoms with Gasteiger partial charge >= 0.3 is 0 Å². The van der Waals surface area contributed by atoms with Crippen LogP contribution in [-0.4, -0.2) is 28.5 Å². The van der Waals surface area contributed by atoms with E-state index in [0.717, 1.165) is 39.0 Å². The van der Waals surface area contributed by atoms with Crippen molar-refractivity contribution in [2.75, 3.05) is 13.2 Å². The van der Waals surface area contributed by atoms with Crippen LogP contribution in [0.25, 0.3) is 0 Å². The van der Waals surface area contributed by atoms with Crippen LogP contribution in [0.5, 0.6) is 0 Å². The Labute approximate surface area is 123 Å². The Bertz CT molecular complexity index is 378. The molecular weight excluding hydrogens is 250 g/mol. The summed E-state index contributed by atoms with van der Waals surface area (Å²) in [6, 6.07) is 0.193. The number of hydrogen-bond donors (Lipinski definition) is 1. The molecule has 0 saturated heterocycles. The van der Waals surface area contributed by atoms with Gasteiger partial charge in [0.05, 0.1) is 17.8 Å². The molecule has 0 aliphatic rings. The van der Waals surface area contributed by atoms with Gasteiger partial charge in [-0.1, -0.05) is 20.8 Å². The van der Waals surface area contributed by atoms with Gasteiger partial charge in [0.15, 0.2) is 0 Å². The van der Waals surface area contributed by atoms with Gasteiger partial charge in [0.1, 0.15) is 0 Å². The molecule has 0 aliphatic carbocycles. The monoisotopic (exact) mass is 281 g/mol. The number of aryl methyl sites for hydroxylation is 1. The molecule has 1 aromatic heterocycles. The average Bonchev–Trinajstić information content (AvgIpc) is 2.88. The van der Waals surface area contributed by atoms with Gasteiger partial charge in [-0.15, -0.1) is 0 Å². The van der Waals surface area contributed by atoms with Crippen LogP contribution in [0.1, 0.15) is 65.5 Å². The number of rotatable bonds is 10. The Kier molecular flexibility index (Phi) is 7.24. The molecule has 4 heteroatoms. The second-order valence-electron chi connectivity index (χ2n) is 5.52. The smallest absolute Gasteiger partial charge is 0.0846 e. The van der Waals surface area contributed by atoms with E-state index in [9.17, 15) is 0 Å². The first-order valence-corrected chi connectivity index (χ1v) is 8.00. The molecule has 0 fully saturated rings. The van der Waals surface area contributed by atoms with Crippen molar-refractivity contribution in [1.82, 2.24) is 15.1 Å². The van der Waals surface area contributed by atoms with Gasteiger partial charge in [-0.05, 0) is 39.7 Å². The Morgan fingerprint density at radius 1 is 1.30 bits per heavy atom. The second-order valence-corrected chi connectivity index (χ2v) is 5.52. The highest BCUT2D eigenvalue weighted by Crippen LogP contribution is 2.32. The van der Waals surface area contributed by atoms with E-state index in [1.807, 2.05) is 10.9 Å². The van der Waals surface area contributed by atoms with Gasteiger partial charge < -0.3 is 10.1 Å². The van der Waals surface area contributed by atoms with Crippen molar-refractivity contribution >= 4 is 0 Å². The summed E-state index contributed by atoms with van der Waals surface area (Å²) in [7, 11) is 0. The largest absolute Gasteiger partial charge is 0.374 e. The zero-order valence-corrected chi connectivity index (χ0v) is 13.8. The van der Waals surface area contributed by atoms with Crippen molar-refractivity contribution in [1.29, 1.82) is 0 Å². The van der Waals surface area contributed by atoms with E-state index in [2.05, 4.69) is 51.2 Å². The van der Waals surface area contributed by atoms with Crippen LogP contribution in [0.15, 0.2) is 12.4 Å². The molecule has 4 nitrogen and oxygen atoms in total. The van der Waals surface area contributed by atoms with Crippen molar-refractivity contribution in [2.45, 2.75) is 72.1 Å². The Morgan fingerprint density at radius 3 is 2.60 bits per heavy atom. The summed E-state index contributed by atoms with van der Waals surface area (Å²) in [6.45, 7) is 13.5. The molecule has 0 spiro atoms. The van der Waals surface area contributed by atoms with Gasteiger partial charge in [-0.25, -0.2) is 0 Å². The number of hydrogen-bond acceptors (Lipinski definition) is 3. The SMILES string of the molecule is CCCNC(c1cnn(CCC)c1)C(C)(CC)OCC. The maximum Gasteiger partial charge on any atom is 0.0846 e. The van der Waals surface area contributed by atoms with Crippen LogP contribution in [-0.2, 0) is 11.3 Å². The summed E-state index contributed by atoms with van der Waals surface area (Å²) < 4.78 is 8.09. The highest BCUT2D eigenvalue weighted by Gasteiger charge is 2.34. The molecule has 2 unspecified atom stereocenters. The number of ether oxygens (including phenoxy) is 1. The van der Waals surface area contributed by atoms with Crippen molar-refractivity contribution in [3.05, 3.63) is 18.0 Å². The molecule has 20 heavy (non-hydrogen) atoms. The van der Waals surface area contributed by atoms with Gasteiger partial charge in [0.25, 0.3) is 0 Å². The fourth-order valence-corrected chi connectivity index (χ4v) is 2.57. The minimum absolute atomic E-state index is 0.190. The summed E-state index contributed by atoms with van der Waals surface area (Å²) in [5.41, 5.74) is 1.04. The summed E-state index contributed by atoms with van der Waals surface area (Å²) in [6.07, 6.45) is 7.33. The topological polar surface area (TPSA) is 39.1 Å². The molecule has 1 heterocycles. The van der Waals surface area contributed by atoms with Gasteiger partial charge in [-0.2, -0.15) is 5.10 Å². The first-order valence-electron chi connectivity index (χ1n) is 8.00.